The zero-order chi connectivity index (χ0) is 31.1. The monoisotopic (exact) mass is 595 g/mol. The molecule has 3 amide bonds. The third-order valence-corrected chi connectivity index (χ3v) is 7.96. The summed E-state index contributed by atoms with van der Waals surface area (Å²) in [5.74, 6) is -1.17. The molecule has 1 aliphatic heterocycles. The number of hydrogen-bond donors (Lipinski definition) is 2. The second-order valence-corrected chi connectivity index (χ2v) is 11.1. The van der Waals surface area contributed by atoms with E-state index in [4.69, 9.17) is 4.74 Å². The molecule has 43 heavy (non-hydrogen) atoms. The maximum Gasteiger partial charge on any atom is 0.274 e. The molecule has 1 aromatic carbocycles. The summed E-state index contributed by atoms with van der Waals surface area (Å²) in [7, 11) is 1.68. The number of fused-ring (bicyclic) bond motifs is 1. The van der Waals surface area contributed by atoms with Gasteiger partial charge in [0.2, 0.25) is 17.6 Å². The number of likely N-dealkylation sites (N-methyl/N-ethyl adjacent to an activating group) is 1. The van der Waals surface area contributed by atoms with E-state index in [0.717, 1.165) is 23.7 Å². The molecular formula is C31H42FN7O4. The van der Waals surface area contributed by atoms with Gasteiger partial charge in [-0.05, 0) is 59.6 Å². The van der Waals surface area contributed by atoms with Crippen LogP contribution in [0.5, 0.6) is 0 Å². The van der Waals surface area contributed by atoms with Gasteiger partial charge in [-0.1, -0.05) is 29.8 Å². The summed E-state index contributed by atoms with van der Waals surface area (Å²) < 4.78 is 20.9. The molecule has 2 aromatic heterocycles. The summed E-state index contributed by atoms with van der Waals surface area (Å²) in [4.78, 5) is 52.4. The van der Waals surface area contributed by atoms with Gasteiger partial charge in [0, 0.05) is 44.7 Å². The molecule has 1 fully saturated rings. The Kier molecular flexibility index (Phi) is 10.8. The van der Waals surface area contributed by atoms with Gasteiger partial charge in [-0.3, -0.25) is 18.8 Å². The Morgan fingerprint density at radius 3 is 2.63 bits per heavy atom. The number of nitrogens with one attached hydrogen (secondary N) is 2. The van der Waals surface area contributed by atoms with E-state index in [1.54, 1.807) is 30.7 Å². The maximum atomic E-state index is 13.9. The van der Waals surface area contributed by atoms with Crippen LogP contribution in [0.3, 0.4) is 0 Å². The Morgan fingerprint density at radius 2 is 1.93 bits per heavy atom. The van der Waals surface area contributed by atoms with Crippen LogP contribution in [-0.4, -0.2) is 99.4 Å². The van der Waals surface area contributed by atoms with Crippen LogP contribution in [0.4, 0.5) is 4.39 Å². The number of nitrogens with zero attached hydrogens (tertiary/aromatic N) is 5. The molecule has 12 heteroatoms. The van der Waals surface area contributed by atoms with Crippen LogP contribution in [-0.2, 0) is 20.7 Å². The van der Waals surface area contributed by atoms with Crippen LogP contribution in [0.15, 0.2) is 42.9 Å². The molecule has 3 aromatic rings. The number of hydrogen-bond acceptors (Lipinski definition) is 7. The molecular weight excluding hydrogens is 553 g/mol. The van der Waals surface area contributed by atoms with Crippen LogP contribution in [0.25, 0.3) is 5.78 Å². The van der Waals surface area contributed by atoms with E-state index in [1.807, 2.05) is 38.1 Å². The van der Waals surface area contributed by atoms with Gasteiger partial charge in [0.05, 0.1) is 18.3 Å². The Morgan fingerprint density at radius 1 is 1.19 bits per heavy atom. The Bertz CT molecular complexity index is 1410. The van der Waals surface area contributed by atoms with E-state index in [2.05, 4.69) is 20.6 Å². The highest BCUT2D eigenvalue weighted by atomic mass is 19.1. The number of carbonyl (C=O) groups is 3. The molecule has 232 valence electrons. The zero-order valence-corrected chi connectivity index (χ0v) is 25.5. The van der Waals surface area contributed by atoms with Crippen LogP contribution in [0.2, 0.25) is 0 Å². The molecule has 1 aliphatic rings. The average molecular weight is 596 g/mol. The summed E-state index contributed by atoms with van der Waals surface area (Å²) in [5, 5.41) is 5.77. The van der Waals surface area contributed by atoms with E-state index >= 15 is 0 Å². The van der Waals surface area contributed by atoms with Crippen LogP contribution in [0.1, 0.15) is 55.2 Å². The highest BCUT2D eigenvalue weighted by Crippen LogP contribution is 2.22. The number of likely N-dealkylation sites (tertiary alicyclic amines) is 1. The number of aromatic nitrogens is 3. The predicted molar refractivity (Wildman–Crippen MR) is 160 cm³/mol. The lowest BCUT2D eigenvalue weighted by molar-refractivity contribution is -0.141. The summed E-state index contributed by atoms with van der Waals surface area (Å²) in [6.07, 6.45) is 5.29. The summed E-state index contributed by atoms with van der Waals surface area (Å²) in [6.45, 7) is 8.94. The third-order valence-electron chi connectivity index (χ3n) is 7.96. The van der Waals surface area contributed by atoms with Crippen molar-refractivity contribution in [3.05, 3.63) is 65.5 Å². The summed E-state index contributed by atoms with van der Waals surface area (Å²) in [6, 6.07) is 6.51. The SMILES string of the molecule is CCOC(C)C(NC(=O)C(C)NC)C(=O)N1CCCC1CN(CCc1ccc(C)cc1)C(=O)c1cn2cc(F)cnc2n1. The van der Waals surface area contributed by atoms with Crippen LogP contribution >= 0.6 is 0 Å². The van der Waals surface area contributed by atoms with Crippen LogP contribution in [0, 0.1) is 12.7 Å². The van der Waals surface area contributed by atoms with Gasteiger partial charge in [-0.25, -0.2) is 14.4 Å². The molecule has 0 radical (unpaired) electrons. The average Bonchev–Trinajstić information content (AvgIpc) is 3.64. The quantitative estimate of drug-likeness (QED) is 0.311. The van der Waals surface area contributed by atoms with E-state index in [1.165, 1.54) is 16.8 Å². The van der Waals surface area contributed by atoms with Gasteiger partial charge in [0.15, 0.2) is 5.82 Å². The van der Waals surface area contributed by atoms with Crippen molar-refractivity contribution in [2.24, 2.45) is 0 Å². The largest absolute Gasteiger partial charge is 0.376 e. The van der Waals surface area contributed by atoms with Gasteiger partial charge in [0.25, 0.3) is 5.91 Å². The Hall–Kier alpha value is -3.90. The number of benzene rings is 1. The van der Waals surface area contributed by atoms with Crippen molar-refractivity contribution in [1.29, 1.82) is 0 Å². The molecule has 1 saturated heterocycles. The van der Waals surface area contributed by atoms with Crippen LogP contribution < -0.4 is 10.6 Å². The number of aryl methyl sites for hydroxylation is 1. The lowest BCUT2D eigenvalue weighted by atomic mass is 10.1. The number of halogens is 1. The normalized spacial score (nSPS) is 17.1. The first-order chi connectivity index (χ1) is 20.6. The number of carbonyl (C=O) groups excluding carboxylic acids is 3. The predicted octanol–water partition coefficient (Wildman–Crippen LogP) is 2.37. The van der Waals surface area contributed by atoms with Crippen molar-refractivity contribution in [2.45, 2.75) is 71.2 Å². The minimum atomic E-state index is -0.875. The molecule has 4 unspecified atom stereocenters. The molecule has 0 aliphatic carbocycles. The minimum absolute atomic E-state index is 0.147. The lowest BCUT2D eigenvalue weighted by Crippen LogP contribution is -2.58. The molecule has 0 saturated carbocycles. The molecule has 2 N–H and O–H groups in total. The minimum Gasteiger partial charge on any atom is -0.376 e. The van der Waals surface area contributed by atoms with Crippen molar-refractivity contribution in [1.82, 2.24) is 34.8 Å². The fraction of sp³-hybridized carbons (Fsp3) is 0.516. The van der Waals surface area contributed by atoms with Crippen molar-refractivity contribution < 1.29 is 23.5 Å². The van der Waals surface area contributed by atoms with E-state index in [-0.39, 0.29) is 41.8 Å². The second-order valence-electron chi connectivity index (χ2n) is 11.1. The molecule has 4 atom stereocenters. The van der Waals surface area contributed by atoms with Crippen molar-refractivity contribution in [3.8, 4) is 0 Å². The first-order valence-electron chi connectivity index (χ1n) is 14.9. The lowest BCUT2D eigenvalue weighted by Gasteiger charge is -2.34. The number of amides is 3. The van der Waals surface area contributed by atoms with E-state index < -0.39 is 24.0 Å². The molecule has 11 nitrogen and oxygen atoms in total. The highest BCUT2D eigenvalue weighted by Gasteiger charge is 2.38. The van der Waals surface area contributed by atoms with Crippen molar-refractivity contribution in [2.75, 3.05) is 33.3 Å². The fourth-order valence-corrected chi connectivity index (χ4v) is 5.32. The zero-order valence-electron chi connectivity index (χ0n) is 25.5. The van der Waals surface area contributed by atoms with Crippen molar-refractivity contribution in [3.63, 3.8) is 0 Å². The van der Waals surface area contributed by atoms with Gasteiger partial charge in [-0.15, -0.1) is 0 Å². The fourth-order valence-electron chi connectivity index (χ4n) is 5.32. The molecule has 0 spiro atoms. The van der Waals surface area contributed by atoms with Gasteiger partial charge < -0.3 is 25.2 Å². The molecule has 4 rings (SSSR count). The summed E-state index contributed by atoms with van der Waals surface area (Å²) in [5.41, 5.74) is 2.37. The van der Waals surface area contributed by atoms with Gasteiger partial charge in [-0.2, -0.15) is 0 Å². The first kappa shape index (κ1) is 32.0. The van der Waals surface area contributed by atoms with Gasteiger partial charge >= 0.3 is 0 Å². The smallest absolute Gasteiger partial charge is 0.274 e. The van der Waals surface area contributed by atoms with Crippen molar-refractivity contribution >= 4 is 23.5 Å². The number of imidazole rings is 1. The van der Waals surface area contributed by atoms with Gasteiger partial charge in [0.1, 0.15) is 11.7 Å². The Balaban J connectivity index is 1.57. The van der Waals surface area contributed by atoms with E-state index in [9.17, 15) is 18.8 Å². The highest BCUT2D eigenvalue weighted by molar-refractivity contribution is 5.93. The topological polar surface area (TPSA) is 121 Å². The molecule has 0 bridgehead atoms. The number of ether oxygens (including phenoxy) is 1. The second kappa shape index (κ2) is 14.5. The standard InChI is InChI=1S/C31H42FN7O4/c1-6-43-22(4)27(36-28(40)21(3)33-5)30(42)39-14-7-8-25(39)18-37(15-13-23-11-9-20(2)10-12-23)29(41)26-19-38-17-24(32)16-34-31(38)35-26/h9-12,16-17,19,21-22,25,27,33H,6-8,13-15,18H2,1-5H3,(H,36,40). The maximum absolute atomic E-state index is 13.9. The molecule has 3 heterocycles. The first-order valence-corrected chi connectivity index (χ1v) is 14.9. The third kappa shape index (κ3) is 7.94. The number of rotatable bonds is 13. The van der Waals surface area contributed by atoms with E-state index in [0.29, 0.717) is 32.5 Å². The summed E-state index contributed by atoms with van der Waals surface area (Å²) >= 11 is 0. The Labute approximate surface area is 251 Å².